The van der Waals surface area contributed by atoms with E-state index >= 15 is 0 Å². The minimum absolute atomic E-state index is 0.0635. The summed E-state index contributed by atoms with van der Waals surface area (Å²) < 4.78 is 0. The average molecular weight is 379 g/mol. The standard InChI is InChI=1S/C23H30N4O/c1-2-3-11-23(28)25-21-12-13-22(24-19-21)27-17-15-26(16-18-27)14-7-10-20-8-5-4-6-9-20/h4-10,12-13,19H,2-3,11,14-18H2,1H3,(H,25,28)/b10-7+. The van der Waals surface area contributed by atoms with Crippen LogP contribution in [0.3, 0.4) is 0 Å². The lowest BCUT2D eigenvalue weighted by Crippen LogP contribution is -2.46. The third-order valence-corrected chi connectivity index (χ3v) is 4.96. The van der Waals surface area contributed by atoms with Gasteiger partial charge in [-0.25, -0.2) is 4.98 Å². The molecular weight excluding hydrogens is 348 g/mol. The van der Waals surface area contributed by atoms with E-state index in [0.717, 1.165) is 57.1 Å². The fraction of sp³-hybridized carbons (Fsp3) is 0.391. The number of pyridine rings is 1. The molecule has 0 saturated carbocycles. The van der Waals surface area contributed by atoms with Crippen LogP contribution in [0, 0.1) is 0 Å². The van der Waals surface area contributed by atoms with Crippen molar-refractivity contribution in [1.29, 1.82) is 0 Å². The van der Waals surface area contributed by atoms with E-state index < -0.39 is 0 Å². The van der Waals surface area contributed by atoms with Crippen molar-refractivity contribution in [3.05, 3.63) is 60.3 Å². The molecule has 0 aliphatic carbocycles. The molecule has 28 heavy (non-hydrogen) atoms. The molecule has 2 heterocycles. The summed E-state index contributed by atoms with van der Waals surface area (Å²) in [6.07, 6.45) is 8.69. The van der Waals surface area contributed by atoms with Crippen LogP contribution in [0.4, 0.5) is 11.5 Å². The number of piperazine rings is 1. The molecule has 1 aromatic carbocycles. The molecule has 3 rings (SSSR count). The molecule has 0 unspecified atom stereocenters. The Morgan fingerprint density at radius 2 is 1.89 bits per heavy atom. The summed E-state index contributed by atoms with van der Waals surface area (Å²) in [5.74, 6) is 1.04. The van der Waals surface area contributed by atoms with Gasteiger partial charge in [0.2, 0.25) is 5.91 Å². The van der Waals surface area contributed by atoms with Crippen LogP contribution >= 0.6 is 0 Å². The van der Waals surface area contributed by atoms with Crippen molar-refractivity contribution in [2.75, 3.05) is 42.9 Å². The number of hydrogen-bond acceptors (Lipinski definition) is 4. The van der Waals surface area contributed by atoms with Gasteiger partial charge in [0.1, 0.15) is 5.82 Å². The van der Waals surface area contributed by atoms with Gasteiger partial charge in [0.25, 0.3) is 0 Å². The Morgan fingerprint density at radius 1 is 1.11 bits per heavy atom. The first-order valence-corrected chi connectivity index (χ1v) is 10.2. The number of carbonyl (C=O) groups is 1. The largest absolute Gasteiger partial charge is 0.354 e. The second-order valence-corrected chi connectivity index (χ2v) is 7.16. The second kappa shape index (κ2) is 10.6. The van der Waals surface area contributed by atoms with Crippen LogP contribution in [0.5, 0.6) is 0 Å². The van der Waals surface area contributed by atoms with Crippen molar-refractivity contribution in [3.63, 3.8) is 0 Å². The summed E-state index contributed by atoms with van der Waals surface area (Å²) in [4.78, 5) is 21.1. The SMILES string of the molecule is CCCCC(=O)Nc1ccc(N2CCN(C/C=C/c3ccccc3)CC2)nc1. The summed E-state index contributed by atoms with van der Waals surface area (Å²) >= 11 is 0. The zero-order chi connectivity index (χ0) is 19.6. The van der Waals surface area contributed by atoms with Crippen LogP contribution in [0.2, 0.25) is 0 Å². The first-order chi connectivity index (χ1) is 13.7. The summed E-state index contributed by atoms with van der Waals surface area (Å²) in [5.41, 5.74) is 2.02. The van der Waals surface area contributed by atoms with E-state index in [1.807, 2.05) is 18.2 Å². The molecule has 148 valence electrons. The first-order valence-electron chi connectivity index (χ1n) is 10.2. The number of anilines is 2. The fourth-order valence-corrected chi connectivity index (χ4v) is 3.27. The Labute approximate surface area is 168 Å². The van der Waals surface area contributed by atoms with Gasteiger partial charge in [0, 0.05) is 39.1 Å². The maximum atomic E-state index is 11.8. The number of nitrogens with one attached hydrogen (secondary N) is 1. The minimum Gasteiger partial charge on any atom is -0.354 e. The molecule has 1 amide bonds. The normalized spacial score (nSPS) is 15.1. The monoisotopic (exact) mass is 378 g/mol. The van der Waals surface area contributed by atoms with E-state index in [0.29, 0.717) is 6.42 Å². The molecule has 0 bridgehead atoms. The Morgan fingerprint density at radius 3 is 2.57 bits per heavy atom. The number of unbranched alkanes of at least 4 members (excludes halogenated alkanes) is 1. The predicted molar refractivity (Wildman–Crippen MR) is 117 cm³/mol. The van der Waals surface area contributed by atoms with Crippen LogP contribution < -0.4 is 10.2 Å². The molecule has 5 nitrogen and oxygen atoms in total. The third-order valence-electron chi connectivity index (χ3n) is 4.96. The van der Waals surface area contributed by atoms with Crippen LogP contribution in [-0.2, 0) is 4.79 Å². The topological polar surface area (TPSA) is 48.5 Å². The van der Waals surface area contributed by atoms with Crippen molar-refractivity contribution in [3.8, 4) is 0 Å². The molecule has 0 spiro atoms. The van der Waals surface area contributed by atoms with Gasteiger partial charge >= 0.3 is 0 Å². The van der Waals surface area contributed by atoms with Crippen molar-refractivity contribution in [1.82, 2.24) is 9.88 Å². The number of nitrogens with zero attached hydrogens (tertiary/aromatic N) is 3. The van der Waals surface area contributed by atoms with Crippen LogP contribution in [-0.4, -0.2) is 48.5 Å². The molecule has 1 N–H and O–H groups in total. The van der Waals surface area contributed by atoms with Gasteiger partial charge in [-0.15, -0.1) is 0 Å². The van der Waals surface area contributed by atoms with Crippen molar-refractivity contribution < 1.29 is 4.79 Å². The fourth-order valence-electron chi connectivity index (χ4n) is 3.27. The van der Waals surface area contributed by atoms with Crippen molar-refractivity contribution >= 4 is 23.5 Å². The molecule has 0 radical (unpaired) electrons. The van der Waals surface area contributed by atoms with Crippen LogP contribution in [0.25, 0.3) is 6.08 Å². The minimum atomic E-state index is 0.0635. The van der Waals surface area contributed by atoms with E-state index in [1.54, 1.807) is 6.20 Å². The Balaban J connectivity index is 1.43. The van der Waals surface area contributed by atoms with Gasteiger partial charge in [0.15, 0.2) is 0 Å². The lowest BCUT2D eigenvalue weighted by atomic mass is 10.2. The zero-order valence-corrected chi connectivity index (χ0v) is 16.7. The van der Waals surface area contributed by atoms with Gasteiger partial charge in [-0.1, -0.05) is 55.8 Å². The smallest absolute Gasteiger partial charge is 0.224 e. The van der Waals surface area contributed by atoms with E-state index in [2.05, 4.69) is 63.4 Å². The maximum absolute atomic E-state index is 11.8. The molecule has 1 fully saturated rings. The van der Waals surface area contributed by atoms with Gasteiger partial charge in [0.05, 0.1) is 11.9 Å². The average Bonchev–Trinajstić information content (AvgIpc) is 2.74. The molecule has 5 heteroatoms. The highest BCUT2D eigenvalue weighted by Gasteiger charge is 2.17. The predicted octanol–water partition coefficient (Wildman–Crippen LogP) is 4.05. The molecule has 1 saturated heterocycles. The van der Waals surface area contributed by atoms with Gasteiger partial charge < -0.3 is 10.2 Å². The quantitative estimate of drug-likeness (QED) is 0.753. The van der Waals surface area contributed by atoms with E-state index in [4.69, 9.17) is 0 Å². The number of benzene rings is 1. The lowest BCUT2D eigenvalue weighted by molar-refractivity contribution is -0.116. The zero-order valence-electron chi connectivity index (χ0n) is 16.7. The summed E-state index contributed by atoms with van der Waals surface area (Å²) in [5, 5.41) is 2.91. The second-order valence-electron chi connectivity index (χ2n) is 7.16. The molecule has 2 aromatic rings. The van der Waals surface area contributed by atoms with Crippen LogP contribution in [0.1, 0.15) is 31.7 Å². The van der Waals surface area contributed by atoms with Crippen LogP contribution in [0.15, 0.2) is 54.7 Å². The molecule has 1 aliphatic rings. The summed E-state index contributed by atoms with van der Waals surface area (Å²) in [6, 6.07) is 14.4. The first kappa shape index (κ1) is 20.1. The van der Waals surface area contributed by atoms with Gasteiger partial charge in [-0.2, -0.15) is 0 Å². The highest BCUT2D eigenvalue weighted by atomic mass is 16.1. The van der Waals surface area contributed by atoms with Gasteiger partial charge in [-0.3, -0.25) is 9.69 Å². The number of hydrogen-bond donors (Lipinski definition) is 1. The number of aromatic nitrogens is 1. The lowest BCUT2D eigenvalue weighted by Gasteiger charge is -2.34. The summed E-state index contributed by atoms with van der Waals surface area (Å²) in [6.45, 7) is 7.04. The van der Waals surface area contributed by atoms with E-state index in [1.165, 1.54) is 5.56 Å². The highest BCUT2D eigenvalue weighted by Crippen LogP contribution is 2.16. The van der Waals surface area contributed by atoms with E-state index in [9.17, 15) is 4.79 Å². The highest BCUT2D eigenvalue weighted by molar-refractivity contribution is 5.90. The molecular formula is C23H30N4O. The number of carbonyl (C=O) groups excluding carboxylic acids is 1. The Bertz CT molecular complexity index is 750. The van der Waals surface area contributed by atoms with Gasteiger partial charge in [-0.05, 0) is 24.1 Å². The molecule has 1 aromatic heterocycles. The molecule has 0 atom stereocenters. The Hall–Kier alpha value is -2.66. The van der Waals surface area contributed by atoms with Crippen molar-refractivity contribution in [2.45, 2.75) is 26.2 Å². The number of amides is 1. The molecule has 1 aliphatic heterocycles. The number of rotatable bonds is 8. The summed E-state index contributed by atoms with van der Waals surface area (Å²) in [7, 11) is 0. The Kier molecular flexibility index (Phi) is 7.62. The maximum Gasteiger partial charge on any atom is 0.224 e. The van der Waals surface area contributed by atoms with Crippen molar-refractivity contribution in [2.24, 2.45) is 0 Å². The van der Waals surface area contributed by atoms with E-state index in [-0.39, 0.29) is 5.91 Å². The third kappa shape index (κ3) is 6.20.